The largest absolute Gasteiger partial charge is 0.376 e. The van der Waals surface area contributed by atoms with Gasteiger partial charge >= 0.3 is 5.69 Å². The van der Waals surface area contributed by atoms with Crippen molar-refractivity contribution in [1.29, 1.82) is 0 Å². The Balaban J connectivity index is 1.98. The van der Waals surface area contributed by atoms with Crippen molar-refractivity contribution in [2.75, 3.05) is 6.61 Å². The minimum absolute atomic E-state index is 0.125. The van der Waals surface area contributed by atoms with E-state index in [9.17, 15) is 4.79 Å². The van der Waals surface area contributed by atoms with Gasteiger partial charge in [-0.05, 0) is 37.4 Å². The number of aromatic amines is 2. The third-order valence-electron chi connectivity index (χ3n) is 3.24. The lowest BCUT2D eigenvalue weighted by Crippen LogP contribution is -2.29. The quantitative estimate of drug-likeness (QED) is 0.740. The fourth-order valence-electron chi connectivity index (χ4n) is 2.37. The molecule has 0 aromatic carbocycles. The van der Waals surface area contributed by atoms with Crippen LogP contribution in [0.25, 0.3) is 0 Å². The number of rotatable bonds is 2. The molecular formula is C9H13N3O2S. The molecule has 1 aliphatic carbocycles. The van der Waals surface area contributed by atoms with Gasteiger partial charge in [0.2, 0.25) is 0 Å². The first-order valence-electron chi connectivity index (χ1n) is 5.28. The monoisotopic (exact) mass is 227 g/mol. The van der Waals surface area contributed by atoms with Crippen LogP contribution in [0.5, 0.6) is 0 Å². The molecule has 1 saturated heterocycles. The minimum atomic E-state index is -0.152. The highest BCUT2D eigenvalue weighted by Gasteiger charge is 2.42. The maximum absolute atomic E-state index is 11.6. The molecule has 5 nitrogen and oxygen atoms in total. The molecule has 2 heterocycles. The summed E-state index contributed by atoms with van der Waals surface area (Å²) >= 11 is 5.09. The summed E-state index contributed by atoms with van der Waals surface area (Å²) in [6.07, 6.45) is 3.51. The molecule has 2 unspecified atom stereocenters. The molecule has 82 valence electrons. The van der Waals surface area contributed by atoms with Crippen molar-refractivity contribution in [3.8, 4) is 0 Å². The van der Waals surface area contributed by atoms with Crippen molar-refractivity contribution < 1.29 is 4.74 Å². The van der Waals surface area contributed by atoms with Crippen LogP contribution < -0.4 is 5.69 Å². The van der Waals surface area contributed by atoms with Crippen LogP contribution >= 0.6 is 12.2 Å². The number of hydrogen-bond acceptors (Lipinski definition) is 3. The Morgan fingerprint density at radius 2 is 2.13 bits per heavy atom. The standard InChI is InChI=1S/C9H13N3O2S/c13-8-10-11-9(15)12(8)6-3-4-14-7(6)5-1-2-5/h5-7H,1-4H2,(H,10,13)(H,11,15). The fraction of sp³-hybridized carbons (Fsp3) is 0.778. The molecular weight excluding hydrogens is 214 g/mol. The highest BCUT2D eigenvalue weighted by Crippen LogP contribution is 2.42. The number of aromatic nitrogens is 3. The normalized spacial score (nSPS) is 30.9. The maximum Gasteiger partial charge on any atom is 0.342 e. The van der Waals surface area contributed by atoms with Crippen LogP contribution in [0.1, 0.15) is 25.3 Å². The summed E-state index contributed by atoms with van der Waals surface area (Å²) in [5.74, 6) is 0.633. The van der Waals surface area contributed by atoms with Gasteiger partial charge in [0.05, 0.1) is 12.1 Å². The summed E-state index contributed by atoms with van der Waals surface area (Å²) in [5, 5.41) is 5.19. The van der Waals surface area contributed by atoms with Crippen LogP contribution in [-0.2, 0) is 4.74 Å². The summed E-state index contributed by atoms with van der Waals surface area (Å²) in [7, 11) is 0. The molecule has 0 spiro atoms. The van der Waals surface area contributed by atoms with Gasteiger partial charge in [-0.2, -0.15) is 0 Å². The lowest BCUT2D eigenvalue weighted by atomic mass is 10.1. The van der Waals surface area contributed by atoms with E-state index >= 15 is 0 Å². The summed E-state index contributed by atoms with van der Waals surface area (Å²) < 4.78 is 7.79. The average Bonchev–Trinajstić information content (AvgIpc) is 2.87. The highest BCUT2D eigenvalue weighted by molar-refractivity contribution is 7.71. The zero-order valence-electron chi connectivity index (χ0n) is 8.23. The van der Waals surface area contributed by atoms with Crippen LogP contribution in [0.4, 0.5) is 0 Å². The van der Waals surface area contributed by atoms with E-state index in [0.29, 0.717) is 10.7 Å². The number of H-pyrrole nitrogens is 2. The second-order valence-electron chi connectivity index (χ2n) is 4.26. The minimum Gasteiger partial charge on any atom is -0.376 e. The van der Waals surface area contributed by atoms with E-state index in [0.717, 1.165) is 13.0 Å². The summed E-state index contributed by atoms with van der Waals surface area (Å²) in [6, 6.07) is 0.125. The summed E-state index contributed by atoms with van der Waals surface area (Å²) in [5.41, 5.74) is -0.152. The summed E-state index contributed by atoms with van der Waals surface area (Å²) in [6.45, 7) is 0.734. The molecule has 2 fully saturated rings. The Bertz CT molecular complexity index is 443. The van der Waals surface area contributed by atoms with Gasteiger partial charge in [0.1, 0.15) is 0 Å². The van der Waals surface area contributed by atoms with Gasteiger partial charge in [-0.3, -0.25) is 9.67 Å². The number of nitrogens with one attached hydrogen (secondary N) is 2. The Hall–Kier alpha value is -0.880. The first-order valence-corrected chi connectivity index (χ1v) is 5.69. The van der Waals surface area contributed by atoms with E-state index in [1.807, 2.05) is 0 Å². The third kappa shape index (κ3) is 1.48. The van der Waals surface area contributed by atoms with Gasteiger partial charge in [0.25, 0.3) is 0 Å². The molecule has 0 amide bonds. The molecule has 1 aliphatic heterocycles. The van der Waals surface area contributed by atoms with E-state index < -0.39 is 0 Å². The third-order valence-corrected chi connectivity index (χ3v) is 3.53. The molecule has 1 saturated carbocycles. The van der Waals surface area contributed by atoms with Gasteiger partial charge in [-0.15, -0.1) is 0 Å². The van der Waals surface area contributed by atoms with Crippen LogP contribution in [0, 0.1) is 10.7 Å². The average molecular weight is 227 g/mol. The lowest BCUT2D eigenvalue weighted by Gasteiger charge is -2.17. The number of nitrogens with zero attached hydrogens (tertiary/aromatic N) is 1. The molecule has 2 aliphatic rings. The topological polar surface area (TPSA) is 62.8 Å². The predicted octanol–water partition coefficient (Wildman–Crippen LogP) is 0.974. The van der Waals surface area contributed by atoms with Gasteiger partial charge in [0, 0.05) is 6.61 Å². The smallest absolute Gasteiger partial charge is 0.342 e. The predicted molar refractivity (Wildman–Crippen MR) is 56.4 cm³/mol. The molecule has 0 bridgehead atoms. The summed E-state index contributed by atoms with van der Waals surface area (Å²) in [4.78, 5) is 11.6. The molecule has 0 radical (unpaired) electrons. The Morgan fingerprint density at radius 1 is 1.33 bits per heavy atom. The van der Waals surface area contributed by atoms with Crippen molar-refractivity contribution in [3.63, 3.8) is 0 Å². The molecule has 6 heteroatoms. The van der Waals surface area contributed by atoms with E-state index in [2.05, 4.69) is 10.2 Å². The highest BCUT2D eigenvalue weighted by atomic mass is 32.1. The Morgan fingerprint density at radius 3 is 2.73 bits per heavy atom. The molecule has 2 N–H and O–H groups in total. The number of hydrogen-bond donors (Lipinski definition) is 2. The first kappa shape index (κ1) is 9.35. The number of ether oxygens (including phenoxy) is 1. The molecule has 1 aromatic heterocycles. The SMILES string of the molecule is O=c1[nH][nH]c(=S)n1C1CCOC1C1CC1. The van der Waals surface area contributed by atoms with E-state index in [-0.39, 0.29) is 17.8 Å². The van der Waals surface area contributed by atoms with Crippen molar-refractivity contribution in [2.24, 2.45) is 5.92 Å². The van der Waals surface area contributed by atoms with Crippen molar-refractivity contribution in [1.82, 2.24) is 14.8 Å². The van der Waals surface area contributed by atoms with Gasteiger partial charge < -0.3 is 4.74 Å². The van der Waals surface area contributed by atoms with Crippen molar-refractivity contribution >= 4 is 12.2 Å². The first-order chi connectivity index (χ1) is 7.27. The zero-order chi connectivity index (χ0) is 10.4. The van der Waals surface area contributed by atoms with Gasteiger partial charge in [0.15, 0.2) is 4.77 Å². The zero-order valence-corrected chi connectivity index (χ0v) is 9.05. The second-order valence-corrected chi connectivity index (χ2v) is 4.65. The van der Waals surface area contributed by atoms with E-state index in [1.54, 1.807) is 4.57 Å². The van der Waals surface area contributed by atoms with Crippen LogP contribution in [0.2, 0.25) is 0 Å². The molecule has 2 atom stereocenters. The Labute approximate surface area is 91.4 Å². The van der Waals surface area contributed by atoms with Crippen LogP contribution in [0.3, 0.4) is 0 Å². The van der Waals surface area contributed by atoms with Gasteiger partial charge in [-0.25, -0.2) is 9.89 Å². The molecule has 1 aromatic rings. The molecule has 3 rings (SSSR count). The van der Waals surface area contributed by atoms with Crippen molar-refractivity contribution in [2.45, 2.75) is 31.4 Å². The molecule has 15 heavy (non-hydrogen) atoms. The maximum atomic E-state index is 11.6. The Kier molecular flexibility index (Phi) is 2.07. The van der Waals surface area contributed by atoms with Crippen molar-refractivity contribution in [3.05, 3.63) is 15.3 Å². The van der Waals surface area contributed by atoms with Crippen LogP contribution in [0.15, 0.2) is 4.79 Å². The van der Waals surface area contributed by atoms with Crippen LogP contribution in [-0.4, -0.2) is 27.5 Å². The van der Waals surface area contributed by atoms with Gasteiger partial charge in [-0.1, -0.05) is 0 Å². The fourth-order valence-corrected chi connectivity index (χ4v) is 2.64. The lowest BCUT2D eigenvalue weighted by molar-refractivity contribution is 0.0741. The van der Waals surface area contributed by atoms with E-state index in [4.69, 9.17) is 17.0 Å². The second kappa shape index (κ2) is 3.31. The van der Waals surface area contributed by atoms with E-state index in [1.165, 1.54) is 12.8 Å².